The summed E-state index contributed by atoms with van der Waals surface area (Å²) in [6, 6.07) is 7.72. The molecule has 0 bridgehead atoms. The Kier molecular flexibility index (Phi) is 5.50. The lowest BCUT2D eigenvalue weighted by Gasteiger charge is -2.15. The van der Waals surface area contributed by atoms with Crippen molar-refractivity contribution in [2.45, 2.75) is 19.1 Å². The van der Waals surface area contributed by atoms with Crippen molar-refractivity contribution in [2.75, 3.05) is 5.32 Å². The lowest BCUT2D eigenvalue weighted by Crippen LogP contribution is -2.33. The van der Waals surface area contributed by atoms with Crippen molar-refractivity contribution < 1.29 is 31.6 Å². The number of hydrogen-bond acceptors (Lipinski definition) is 7. The Labute approximate surface area is 198 Å². The molecule has 9 nitrogen and oxygen atoms in total. The third-order valence-electron chi connectivity index (χ3n) is 5.20. The first-order valence-electron chi connectivity index (χ1n) is 10.3. The number of aromatic nitrogens is 6. The van der Waals surface area contributed by atoms with E-state index in [1.54, 1.807) is 35.8 Å². The standard InChI is InChI=1S/C22H14F5N7O2/c1-11(31-19-18-20(29-9-28-19)34(10-30-18)36-21(35)22(25,26)27)17-16(12-6-13(23)8-14(24)7-12)15-4-2-3-5-33(15)32-17/h2-11H,1H3,(H,28,29,31). The number of rotatable bonds is 5. The Hall–Kier alpha value is -4.62. The van der Waals surface area contributed by atoms with Gasteiger partial charge in [-0.15, -0.1) is 4.73 Å². The number of nitrogens with one attached hydrogen (secondary N) is 1. The molecular formula is C22H14F5N7O2. The number of anilines is 1. The zero-order chi connectivity index (χ0) is 25.6. The third-order valence-corrected chi connectivity index (χ3v) is 5.20. The maximum Gasteiger partial charge on any atom is 0.493 e. The van der Waals surface area contributed by atoms with Crippen molar-refractivity contribution in [3.8, 4) is 11.1 Å². The van der Waals surface area contributed by atoms with E-state index in [4.69, 9.17) is 0 Å². The van der Waals surface area contributed by atoms with Crippen LogP contribution in [0.25, 0.3) is 27.8 Å². The molecule has 0 aliphatic rings. The number of fused-ring (bicyclic) bond motifs is 2. The van der Waals surface area contributed by atoms with E-state index in [-0.39, 0.29) is 22.5 Å². The fraction of sp³-hybridized carbons (Fsp3) is 0.136. The van der Waals surface area contributed by atoms with Gasteiger partial charge in [0.25, 0.3) is 0 Å². The minimum Gasteiger partial charge on any atom is -0.360 e. The van der Waals surface area contributed by atoms with Gasteiger partial charge in [-0.1, -0.05) is 6.07 Å². The van der Waals surface area contributed by atoms with Crippen molar-refractivity contribution in [1.82, 2.24) is 29.3 Å². The molecule has 4 heterocycles. The number of benzene rings is 1. The number of hydrogen-bond donors (Lipinski definition) is 1. The third kappa shape index (κ3) is 4.16. The molecule has 0 saturated heterocycles. The molecule has 1 atom stereocenters. The minimum atomic E-state index is -5.21. The summed E-state index contributed by atoms with van der Waals surface area (Å²) in [6.45, 7) is 1.70. The second kappa shape index (κ2) is 8.55. The van der Waals surface area contributed by atoms with Crippen molar-refractivity contribution in [3.05, 3.63) is 72.6 Å². The first-order valence-corrected chi connectivity index (χ1v) is 10.3. The molecule has 0 fully saturated rings. The summed E-state index contributed by atoms with van der Waals surface area (Å²) in [7, 11) is 0. The van der Waals surface area contributed by atoms with Crippen molar-refractivity contribution >= 4 is 28.5 Å². The zero-order valence-electron chi connectivity index (χ0n) is 18.2. The summed E-state index contributed by atoms with van der Waals surface area (Å²) in [5.41, 5.74) is 1.53. The van der Waals surface area contributed by atoms with Crippen LogP contribution < -0.4 is 10.2 Å². The summed E-state index contributed by atoms with van der Waals surface area (Å²) in [6.07, 6.45) is -1.65. The van der Waals surface area contributed by atoms with E-state index in [0.29, 0.717) is 21.5 Å². The van der Waals surface area contributed by atoms with Gasteiger partial charge in [0.05, 0.1) is 17.3 Å². The lowest BCUT2D eigenvalue weighted by molar-refractivity contribution is -0.199. The van der Waals surface area contributed by atoms with Crippen LogP contribution in [0.15, 0.2) is 55.2 Å². The van der Waals surface area contributed by atoms with Gasteiger partial charge in [0, 0.05) is 17.8 Å². The van der Waals surface area contributed by atoms with E-state index in [0.717, 1.165) is 18.7 Å². The number of nitrogens with zero attached hydrogens (tertiary/aromatic N) is 6. The largest absolute Gasteiger partial charge is 0.493 e. The second-order valence-corrected chi connectivity index (χ2v) is 7.66. The topological polar surface area (TPSA) is 99.2 Å². The van der Waals surface area contributed by atoms with Crippen LogP contribution in [0.3, 0.4) is 0 Å². The van der Waals surface area contributed by atoms with Gasteiger partial charge < -0.3 is 10.2 Å². The first kappa shape index (κ1) is 23.1. The second-order valence-electron chi connectivity index (χ2n) is 7.66. The molecule has 0 saturated carbocycles. The fourth-order valence-electron chi connectivity index (χ4n) is 3.72. The van der Waals surface area contributed by atoms with Crippen molar-refractivity contribution in [3.63, 3.8) is 0 Å². The molecule has 1 aromatic carbocycles. The summed E-state index contributed by atoms with van der Waals surface area (Å²) in [5.74, 6) is -3.87. The molecule has 0 radical (unpaired) electrons. The van der Waals surface area contributed by atoms with Gasteiger partial charge in [-0.3, -0.25) is 0 Å². The zero-order valence-corrected chi connectivity index (χ0v) is 18.2. The molecule has 0 amide bonds. The average molecular weight is 503 g/mol. The summed E-state index contributed by atoms with van der Waals surface area (Å²) in [5, 5.41) is 7.59. The van der Waals surface area contributed by atoms with E-state index in [2.05, 4.69) is 30.2 Å². The summed E-state index contributed by atoms with van der Waals surface area (Å²) < 4.78 is 67.8. The number of alkyl halides is 3. The first-order chi connectivity index (χ1) is 17.1. The minimum absolute atomic E-state index is 0.0152. The van der Waals surface area contributed by atoms with Gasteiger partial charge in [0.15, 0.2) is 11.3 Å². The molecule has 1 N–H and O–H groups in total. The van der Waals surface area contributed by atoms with Gasteiger partial charge in [-0.05, 0) is 36.8 Å². The number of carbonyl (C=O) groups excluding carboxylic acids is 1. The molecule has 184 valence electrons. The summed E-state index contributed by atoms with van der Waals surface area (Å²) in [4.78, 5) is 27.4. The SMILES string of the molecule is CC(Nc1ncnc2c1ncn2OC(=O)C(F)(F)F)c1nn2ccccc2c1-c1cc(F)cc(F)c1. The summed E-state index contributed by atoms with van der Waals surface area (Å²) >= 11 is 0. The molecule has 0 aliphatic heterocycles. The predicted molar refractivity (Wildman–Crippen MR) is 116 cm³/mol. The normalized spacial score (nSPS) is 12.7. The Morgan fingerprint density at radius 1 is 1.08 bits per heavy atom. The molecule has 1 unspecified atom stereocenters. The number of carbonyl (C=O) groups is 1. The van der Waals surface area contributed by atoms with E-state index >= 15 is 0 Å². The molecule has 14 heteroatoms. The maximum absolute atomic E-state index is 14.0. The Morgan fingerprint density at radius 2 is 1.83 bits per heavy atom. The molecule has 5 aromatic rings. The van der Waals surface area contributed by atoms with E-state index in [1.807, 2.05) is 0 Å². The Balaban J connectivity index is 1.54. The van der Waals surface area contributed by atoms with Gasteiger partial charge >= 0.3 is 12.1 Å². The highest BCUT2D eigenvalue weighted by Gasteiger charge is 2.42. The van der Waals surface area contributed by atoms with Crippen LogP contribution in [0.2, 0.25) is 0 Å². The van der Waals surface area contributed by atoms with Crippen LogP contribution in [-0.4, -0.2) is 41.4 Å². The van der Waals surface area contributed by atoms with Crippen molar-refractivity contribution in [2.24, 2.45) is 0 Å². The average Bonchev–Trinajstić information content (AvgIpc) is 3.40. The van der Waals surface area contributed by atoms with E-state index in [1.165, 1.54) is 12.1 Å². The van der Waals surface area contributed by atoms with Gasteiger partial charge in [0.2, 0.25) is 5.65 Å². The Bertz CT molecular complexity index is 1590. The fourth-order valence-corrected chi connectivity index (χ4v) is 3.72. The molecule has 0 spiro atoms. The predicted octanol–water partition coefficient (Wildman–Crippen LogP) is 4.11. The molecule has 36 heavy (non-hydrogen) atoms. The van der Waals surface area contributed by atoms with Gasteiger partial charge in [0.1, 0.15) is 24.3 Å². The van der Waals surface area contributed by atoms with Crippen LogP contribution >= 0.6 is 0 Å². The smallest absolute Gasteiger partial charge is 0.360 e. The quantitative estimate of drug-likeness (QED) is 0.361. The number of pyridine rings is 1. The number of imidazole rings is 1. The number of halogens is 5. The van der Waals surface area contributed by atoms with Crippen LogP contribution in [-0.2, 0) is 4.79 Å². The molecule has 4 aromatic heterocycles. The molecule has 5 rings (SSSR count). The monoisotopic (exact) mass is 503 g/mol. The van der Waals surface area contributed by atoms with Crippen LogP contribution in [0.1, 0.15) is 18.7 Å². The van der Waals surface area contributed by atoms with E-state index in [9.17, 15) is 26.7 Å². The lowest BCUT2D eigenvalue weighted by atomic mass is 10.0. The molecule has 0 aliphatic carbocycles. The Morgan fingerprint density at radius 3 is 2.56 bits per heavy atom. The highest BCUT2D eigenvalue weighted by molar-refractivity contribution is 5.85. The highest BCUT2D eigenvalue weighted by Crippen LogP contribution is 2.34. The van der Waals surface area contributed by atoms with Crippen LogP contribution in [0.5, 0.6) is 0 Å². The maximum atomic E-state index is 14.0. The van der Waals surface area contributed by atoms with Crippen LogP contribution in [0.4, 0.5) is 27.8 Å². The van der Waals surface area contributed by atoms with E-state index < -0.39 is 29.8 Å². The van der Waals surface area contributed by atoms with Crippen LogP contribution in [0, 0.1) is 11.6 Å². The highest BCUT2D eigenvalue weighted by atomic mass is 19.4. The van der Waals surface area contributed by atoms with Crippen molar-refractivity contribution in [1.29, 1.82) is 0 Å². The van der Waals surface area contributed by atoms with Gasteiger partial charge in [-0.25, -0.2) is 33.0 Å². The van der Waals surface area contributed by atoms with Gasteiger partial charge in [-0.2, -0.15) is 18.3 Å². The molecular weight excluding hydrogens is 489 g/mol.